The Labute approximate surface area is 187 Å². The Bertz CT molecular complexity index is 1150. The van der Waals surface area contributed by atoms with Crippen LogP contribution in [0.3, 0.4) is 0 Å². The Balaban J connectivity index is 1.46. The highest BCUT2D eigenvalue weighted by atomic mass is 16.2. The number of carbonyl (C=O) groups excluding carboxylic acids is 3. The number of hydrogen-bond acceptors (Lipinski definition) is 3. The van der Waals surface area contributed by atoms with Gasteiger partial charge in [-0.2, -0.15) is 0 Å². The third kappa shape index (κ3) is 4.64. The summed E-state index contributed by atoms with van der Waals surface area (Å²) in [4.78, 5) is 40.1. The number of nitrogens with one attached hydrogen (secondary N) is 2. The number of anilines is 1. The fraction of sp³-hybridized carbons (Fsp3) is 0.269. The first kappa shape index (κ1) is 21.6. The molecule has 4 rings (SSSR count). The first-order chi connectivity index (χ1) is 15.6. The van der Waals surface area contributed by atoms with E-state index < -0.39 is 0 Å². The van der Waals surface area contributed by atoms with Gasteiger partial charge in [0.1, 0.15) is 0 Å². The smallest absolute Gasteiger partial charge is 0.254 e. The van der Waals surface area contributed by atoms with Gasteiger partial charge in [0.05, 0.1) is 5.92 Å². The molecule has 3 aromatic carbocycles. The third-order valence-electron chi connectivity index (χ3n) is 5.83. The molecule has 32 heavy (non-hydrogen) atoms. The molecule has 1 unspecified atom stereocenters. The van der Waals surface area contributed by atoms with Crippen molar-refractivity contribution in [3.8, 4) is 0 Å². The van der Waals surface area contributed by atoms with Crippen molar-refractivity contribution < 1.29 is 14.4 Å². The minimum atomic E-state index is -0.296. The van der Waals surface area contributed by atoms with Gasteiger partial charge in [-0.3, -0.25) is 14.4 Å². The van der Waals surface area contributed by atoms with E-state index in [-0.39, 0.29) is 23.6 Å². The maximum atomic E-state index is 13.3. The maximum absolute atomic E-state index is 13.3. The highest BCUT2D eigenvalue weighted by Gasteiger charge is 2.29. The Hall–Kier alpha value is -3.67. The summed E-state index contributed by atoms with van der Waals surface area (Å²) in [6.07, 6.45) is 1.49. The monoisotopic (exact) mass is 429 g/mol. The van der Waals surface area contributed by atoms with Crippen LogP contribution in [0.4, 0.5) is 5.69 Å². The van der Waals surface area contributed by atoms with Crippen LogP contribution in [-0.4, -0.2) is 42.3 Å². The SMILES string of the molecule is CCNC(=O)c1cccc(NC(=O)C2CCCN(C(=O)c3cccc4ccccc34)C2)c1. The number of hydrogen-bond donors (Lipinski definition) is 2. The van der Waals surface area contributed by atoms with Crippen LogP contribution in [0.1, 0.15) is 40.5 Å². The molecule has 1 heterocycles. The first-order valence-corrected chi connectivity index (χ1v) is 11.0. The summed E-state index contributed by atoms with van der Waals surface area (Å²) < 4.78 is 0. The van der Waals surface area contributed by atoms with Crippen LogP contribution in [0, 0.1) is 5.92 Å². The molecule has 0 aromatic heterocycles. The summed E-state index contributed by atoms with van der Waals surface area (Å²) in [6.45, 7) is 3.42. The van der Waals surface area contributed by atoms with Gasteiger partial charge in [-0.25, -0.2) is 0 Å². The zero-order valence-electron chi connectivity index (χ0n) is 18.1. The van der Waals surface area contributed by atoms with Crippen LogP contribution in [0.25, 0.3) is 10.8 Å². The van der Waals surface area contributed by atoms with Gasteiger partial charge in [0, 0.05) is 36.4 Å². The Morgan fingerprint density at radius 1 is 1.00 bits per heavy atom. The van der Waals surface area contributed by atoms with E-state index in [1.807, 2.05) is 49.4 Å². The van der Waals surface area contributed by atoms with Crippen molar-refractivity contribution >= 4 is 34.2 Å². The minimum Gasteiger partial charge on any atom is -0.352 e. The van der Waals surface area contributed by atoms with Gasteiger partial charge in [-0.15, -0.1) is 0 Å². The lowest BCUT2D eigenvalue weighted by molar-refractivity contribution is -0.121. The molecule has 0 bridgehead atoms. The van der Waals surface area contributed by atoms with Gasteiger partial charge in [0.15, 0.2) is 0 Å². The van der Waals surface area contributed by atoms with E-state index in [9.17, 15) is 14.4 Å². The quantitative estimate of drug-likeness (QED) is 0.642. The molecule has 164 valence electrons. The summed E-state index contributed by atoms with van der Waals surface area (Å²) in [5.74, 6) is -0.644. The number of nitrogens with zero attached hydrogens (tertiary/aromatic N) is 1. The van der Waals surface area contributed by atoms with Gasteiger partial charge >= 0.3 is 0 Å². The minimum absolute atomic E-state index is 0.0439. The molecule has 6 heteroatoms. The van der Waals surface area contributed by atoms with Crippen molar-refractivity contribution in [1.82, 2.24) is 10.2 Å². The van der Waals surface area contributed by atoms with Crippen molar-refractivity contribution in [2.75, 3.05) is 25.0 Å². The van der Waals surface area contributed by atoms with Gasteiger partial charge in [0.25, 0.3) is 11.8 Å². The van der Waals surface area contributed by atoms with Crippen LogP contribution in [0.5, 0.6) is 0 Å². The summed E-state index contributed by atoms with van der Waals surface area (Å²) in [7, 11) is 0. The molecule has 0 radical (unpaired) electrons. The standard InChI is InChI=1S/C26H27N3O3/c1-2-27-24(30)19-10-5-12-21(16-19)28-25(31)20-11-7-15-29(17-20)26(32)23-14-6-9-18-8-3-4-13-22(18)23/h3-6,8-10,12-14,16,20H,2,7,11,15,17H2,1H3,(H,27,30)(H,28,31). The summed E-state index contributed by atoms with van der Waals surface area (Å²) in [5.41, 5.74) is 1.75. The van der Waals surface area contributed by atoms with E-state index in [1.165, 1.54) is 0 Å². The molecule has 1 fully saturated rings. The van der Waals surface area contributed by atoms with Crippen molar-refractivity contribution in [1.29, 1.82) is 0 Å². The predicted molar refractivity (Wildman–Crippen MR) is 126 cm³/mol. The highest BCUT2D eigenvalue weighted by Crippen LogP contribution is 2.24. The van der Waals surface area contributed by atoms with E-state index in [0.29, 0.717) is 36.4 Å². The fourth-order valence-electron chi connectivity index (χ4n) is 4.20. The van der Waals surface area contributed by atoms with Crippen LogP contribution < -0.4 is 10.6 Å². The normalized spacial score (nSPS) is 15.9. The molecule has 0 saturated carbocycles. The first-order valence-electron chi connectivity index (χ1n) is 11.0. The lowest BCUT2D eigenvalue weighted by Gasteiger charge is -2.32. The van der Waals surface area contributed by atoms with E-state index in [2.05, 4.69) is 10.6 Å². The van der Waals surface area contributed by atoms with Crippen molar-refractivity contribution in [3.05, 3.63) is 77.9 Å². The average Bonchev–Trinajstić information content (AvgIpc) is 2.83. The zero-order valence-corrected chi connectivity index (χ0v) is 18.1. The number of benzene rings is 3. The molecule has 1 aliphatic rings. The summed E-state index contributed by atoms with van der Waals surface area (Å²) >= 11 is 0. The lowest BCUT2D eigenvalue weighted by Crippen LogP contribution is -2.43. The van der Waals surface area contributed by atoms with Crippen molar-refractivity contribution in [3.63, 3.8) is 0 Å². The van der Waals surface area contributed by atoms with Crippen LogP contribution >= 0.6 is 0 Å². The molecular weight excluding hydrogens is 402 g/mol. The van der Waals surface area contributed by atoms with Crippen LogP contribution in [0.2, 0.25) is 0 Å². The second-order valence-corrected chi connectivity index (χ2v) is 8.05. The number of piperidine rings is 1. The van der Waals surface area contributed by atoms with E-state index in [1.54, 1.807) is 29.2 Å². The third-order valence-corrected chi connectivity index (χ3v) is 5.83. The van der Waals surface area contributed by atoms with Gasteiger partial charge < -0.3 is 15.5 Å². The molecule has 1 saturated heterocycles. The zero-order chi connectivity index (χ0) is 22.5. The van der Waals surface area contributed by atoms with Crippen molar-refractivity contribution in [2.45, 2.75) is 19.8 Å². The summed E-state index contributed by atoms with van der Waals surface area (Å²) in [5, 5.41) is 7.63. The van der Waals surface area contributed by atoms with E-state index >= 15 is 0 Å². The lowest BCUT2D eigenvalue weighted by atomic mass is 9.95. The fourth-order valence-corrected chi connectivity index (χ4v) is 4.20. The number of likely N-dealkylation sites (tertiary alicyclic amines) is 1. The van der Waals surface area contributed by atoms with Gasteiger partial charge in [0.2, 0.25) is 5.91 Å². The molecule has 0 aliphatic carbocycles. The van der Waals surface area contributed by atoms with Gasteiger partial charge in [-0.1, -0.05) is 42.5 Å². The Morgan fingerprint density at radius 2 is 1.78 bits per heavy atom. The second kappa shape index (κ2) is 9.64. The van der Waals surface area contributed by atoms with E-state index in [4.69, 9.17) is 0 Å². The number of fused-ring (bicyclic) bond motifs is 1. The molecule has 1 atom stereocenters. The Morgan fingerprint density at radius 3 is 2.62 bits per heavy atom. The highest BCUT2D eigenvalue weighted by molar-refractivity contribution is 6.07. The summed E-state index contributed by atoms with van der Waals surface area (Å²) in [6, 6.07) is 20.5. The van der Waals surface area contributed by atoms with Crippen LogP contribution in [-0.2, 0) is 4.79 Å². The molecule has 0 spiro atoms. The second-order valence-electron chi connectivity index (χ2n) is 8.05. The van der Waals surface area contributed by atoms with Gasteiger partial charge in [-0.05, 0) is 54.8 Å². The van der Waals surface area contributed by atoms with Crippen molar-refractivity contribution in [2.24, 2.45) is 5.92 Å². The Kier molecular flexibility index (Phi) is 6.50. The average molecular weight is 430 g/mol. The van der Waals surface area contributed by atoms with E-state index in [0.717, 1.165) is 23.6 Å². The largest absolute Gasteiger partial charge is 0.352 e. The molecule has 2 N–H and O–H groups in total. The maximum Gasteiger partial charge on any atom is 0.254 e. The molecule has 3 amide bonds. The topological polar surface area (TPSA) is 78.5 Å². The molecular formula is C26H27N3O3. The van der Waals surface area contributed by atoms with Crippen LogP contribution in [0.15, 0.2) is 66.7 Å². The predicted octanol–water partition coefficient (Wildman–Crippen LogP) is 4.08. The molecule has 6 nitrogen and oxygen atoms in total. The molecule has 1 aliphatic heterocycles. The number of carbonyl (C=O) groups is 3. The number of amides is 3. The number of rotatable bonds is 5. The molecule has 3 aromatic rings.